The Morgan fingerprint density at radius 2 is 1.64 bits per heavy atom. The number of likely N-dealkylation sites (tertiary alicyclic amines) is 1. The molecule has 8 nitrogen and oxygen atoms in total. The highest BCUT2D eigenvalue weighted by Crippen LogP contribution is 2.62. The number of ether oxygens (including phenoxy) is 1. The van der Waals surface area contributed by atoms with Crippen LogP contribution in [-0.4, -0.2) is 80.5 Å². The average molecular weight is 658 g/mol. The predicted molar refractivity (Wildman–Crippen MR) is 186 cm³/mol. The number of amides is 3. The van der Waals surface area contributed by atoms with Crippen LogP contribution >= 0.6 is 11.8 Å². The molecule has 2 saturated heterocycles. The number of hydrogen-bond acceptors (Lipinski definition) is 6. The molecule has 3 amide bonds. The zero-order valence-corrected chi connectivity index (χ0v) is 29.1. The number of aliphatic hydroxyl groups is 1. The molecule has 4 aliphatic heterocycles. The second-order valence-electron chi connectivity index (χ2n) is 14.9. The van der Waals surface area contributed by atoms with Gasteiger partial charge in [-0.3, -0.25) is 14.4 Å². The van der Waals surface area contributed by atoms with E-state index in [1.54, 1.807) is 21.6 Å². The van der Waals surface area contributed by atoms with Gasteiger partial charge in [0.15, 0.2) is 0 Å². The Labute approximate surface area is 282 Å². The van der Waals surface area contributed by atoms with Crippen molar-refractivity contribution in [1.82, 2.24) is 9.80 Å². The van der Waals surface area contributed by atoms with Gasteiger partial charge in [0.1, 0.15) is 11.8 Å². The molecule has 250 valence electrons. The van der Waals surface area contributed by atoms with Gasteiger partial charge in [0.05, 0.1) is 35.8 Å². The summed E-state index contributed by atoms with van der Waals surface area (Å²) in [6, 6.07) is 15.2. The topological polar surface area (TPSA) is 90.4 Å². The summed E-state index contributed by atoms with van der Waals surface area (Å²) in [5.74, 6) is -1.29. The van der Waals surface area contributed by atoms with Crippen LogP contribution in [0.25, 0.3) is 0 Å². The predicted octanol–water partition coefficient (Wildman–Crippen LogP) is 5.63. The third-order valence-corrected chi connectivity index (χ3v) is 11.7. The summed E-state index contributed by atoms with van der Waals surface area (Å²) in [5, 5.41) is 10.6. The van der Waals surface area contributed by atoms with Gasteiger partial charge in [0.2, 0.25) is 17.7 Å². The molecule has 2 aromatic carbocycles. The molecule has 1 unspecified atom stereocenters. The fraction of sp³-hybridized carbons (Fsp3) is 0.500. The molecule has 1 spiro atoms. The normalized spacial score (nSPS) is 28.1. The first-order chi connectivity index (χ1) is 22.3. The van der Waals surface area contributed by atoms with Crippen molar-refractivity contribution in [3.63, 3.8) is 0 Å². The molecular formula is C38H47N3O5S. The lowest BCUT2D eigenvalue weighted by Gasteiger charge is -2.45. The van der Waals surface area contributed by atoms with Crippen molar-refractivity contribution >= 4 is 35.2 Å². The van der Waals surface area contributed by atoms with Gasteiger partial charge in [0.25, 0.3) is 0 Å². The Morgan fingerprint density at radius 3 is 2.28 bits per heavy atom. The maximum Gasteiger partial charge on any atom is 0.247 e. The van der Waals surface area contributed by atoms with Crippen molar-refractivity contribution in [3.05, 3.63) is 84.5 Å². The van der Waals surface area contributed by atoms with E-state index in [0.29, 0.717) is 19.7 Å². The van der Waals surface area contributed by atoms with Crippen LogP contribution in [0.4, 0.5) is 5.69 Å². The standard InChI is InChI=1S/C38H47N3O5S/c1-7-46-27-18-16-26(17-19-27)39-21-11-15-29-30(33(39)43)31-34(44)41(28(23-42)25-13-9-8-10-14-25)32-35(45)40(22-12-20-38(31,32)47-29)37(5,6)24-36(2,3)4/h8-20,28-32,42H,7,21-24H2,1-6H3/t28-,29+,30-,31+,32?,38+/m1/s1. The lowest BCUT2D eigenvalue weighted by atomic mass is 9.77. The molecule has 4 heterocycles. The maximum atomic E-state index is 15.1. The Kier molecular flexibility index (Phi) is 8.85. The Balaban J connectivity index is 1.46. The molecule has 2 aromatic rings. The summed E-state index contributed by atoms with van der Waals surface area (Å²) in [7, 11) is 0. The fourth-order valence-electron chi connectivity index (χ4n) is 8.50. The Bertz CT molecular complexity index is 1570. The lowest BCUT2D eigenvalue weighted by molar-refractivity contribution is -0.149. The van der Waals surface area contributed by atoms with Gasteiger partial charge < -0.3 is 24.5 Å². The highest BCUT2D eigenvalue weighted by molar-refractivity contribution is 8.02. The van der Waals surface area contributed by atoms with Crippen LogP contribution in [-0.2, 0) is 14.4 Å². The summed E-state index contributed by atoms with van der Waals surface area (Å²) >= 11 is 1.56. The molecule has 6 atom stereocenters. The van der Waals surface area contributed by atoms with E-state index < -0.39 is 34.2 Å². The van der Waals surface area contributed by atoms with Crippen LogP contribution in [0, 0.1) is 17.3 Å². The minimum atomic E-state index is -0.986. The van der Waals surface area contributed by atoms with Crippen LogP contribution in [0.15, 0.2) is 78.9 Å². The van der Waals surface area contributed by atoms with Crippen molar-refractivity contribution in [2.75, 3.05) is 31.2 Å². The van der Waals surface area contributed by atoms with Crippen LogP contribution in [0.1, 0.15) is 59.6 Å². The second kappa shape index (κ2) is 12.5. The molecule has 2 fully saturated rings. The van der Waals surface area contributed by atoms with Crippen molar-refractivity contribution < 1.29 is 24.2 Å². The van der Waals surface area contributed by atoms with Crippen molar-refractivity contribution in [2.24, 2.45) is 17.3 Å². The van der Waals surface area contributed by atoms with E-state index in [2.05, 4.69) is 40.7 Å². The quantitative estimate of drug-likeness (QED) is 0.370. The van der Waals surface area contributed by atoms with Crippen LogP contribution in [0.2, 0.25) is 0 Å². The van der Waals surface area contributed by atoms with Gasteiger partial charge in [-0.1, -0.05) is 75.4 Å². The smallest absolute Gasteiger partial charge is 0.247 e. The first kappa shape index (κ1) is 33.3. The van der Waals surface area contributed by atoms with Gasteiger partial charge in [-0.15, -0.1) is 11.8 Å². The molecule has 6 rings (SSSR count). The fourth-order valence-corrected chi connectivity index (χ4v) is 10.5. The molecule has 4 aliphatic rings. The number of carbonyl (C=O) groups is 3. The molecule has 9 heteroatoms. The van der Waals surface area contributed by atoms with E-state index in [1.807, 2.05) is 84.6 Å². The number of carbonyl (C=O) groups excluding carboxylic acids is 3. The number of fused-ring (bicyclic) bond motifs is 2. The molecule has 0 bridgehead atoms. The molecule has 0 aromatic heterocycles. The molecule has 47 heavy (non-hydrogen) atoms. The number of aliphatic hydroxyl groups excluding tert-OH is 1. The lowest BCUT2D eigenvalue weighted by Crippen LogP contribution is -2.59. The average Bonchev–Trinajstić information content (AvgIpc) is 3.32. The number of thioether (sulfide) groups is 1. The highest BCUT2D eigenvalue weighted by atomic mass is 32.2. The van der Waals surface area contributed by atoms with Crippen LogP contribution < -0.4 is 9.64 Å². The van der Waals surface area contributed by atoms with Gasteiger partial charge in [-0.2, -0.15) is 0 Å². The van der Waals surface area contributed by atoms with Crippen molar-refractivity contribution in [2.45, 2.75) is 75.6 Å². The Hall–Kier alpha value is -3.56. The van der Waals surface area contributed by atoms with Gasteiger partial charge in [-0.25, -0.2) is 0 Å². The van der Waals surface area contributed by atoms with E-state index in [1.165, 1.54) is 0 Å². The summed E-state index contributed by atoms with van der Waals surface area (Å²) in [4.78, 5) is 50.1. The highest BCUT2D eigenvalue weighted by Gasteiger charge is 2.72. The molecular weight excluding hydrogens is 611 g/mol. The zero-order chi connectivity index (χ0) is 33.7. The van der Waals surface area contributed by atoms with Crippen LogP contribution in [0.5, 0.6) is 5.75 Å². The number of hydrogen-bond donors (Lipinski definition) is 1. The van der Waals surface area contributed by atoms with E-state index in [0.717, 1.165) is 23.4 Å². The first-order valence-electron chi connectivity index (χ1n) is 16.7. The molecule has 1 N–H and O–H groups in total. The van der Waals surface area contributed by atoms with Crippen LogP contribution in [0.3, 0.4) is 0 Å². The number of rotatable bonds is 8. The maximum absolute atomic E-state index is 15.1. The van der Waals surface area contributed by atoms with E-state index in [9.17, 15) is 9.90 Å². The van der Waals surface area contributed by atoms with Gasteiger partial charge in [-0.05, 0) is 62.4 Å². The molecule has 0 aliphatic carbocycles. The summed E-state index contributed by atoms with van der Waals surface area (Å²) in [6.07, 6.45) is 8.89. The van der Waals surface area contributed by atoms with Gasteiger partial charge >= 0.3 is 0 Å². The molecule has 0 radical (unpaired) electrons. The summed E-state index contributed by atoms with van der Waals surface area (Å²) in [6.45, 7) is 13.6. The number of nitrogens with zero attached hydrogens (tertiary/aromatic N) is 3. The number of benzene rings is 2. The second-order valence-corrected chi connectivity index (χ2v) is 16.4. The van der Waals surface area contributed by atoms with E-state index in [-0.39, 0.29) is 35.0 Å². The number of anilines is 1. The van der Waals surface area contributed by atoms with E-state index in [4.69, 9.17) is 4.74 Å². The third kappa shape index (κ3) is 5.79. The van der Waals surface area contributed by atoms with Crippen molar-refractivity contribution in [3.8, 4) is 5.75 Å². The van der Waals surface area contributed by atoms with Gasteiger partial charge in [0, 0.05) is 29.6 Å². The first-order valence-corrected chi connectivity index (χ1v) is 17.6. The monoisotopic (exact) mass is 657 g/mol. The van der Waals surface area contributed by atoms with Crippen molar-refractivity contribution in [1.29, 1.82) is 0 Å². The summed E-state index contributed by atoms with van der Waals surface area (Å²) < 4.78 is 4.64. The SMILES string of the molecule is CCOc1ccc(N2CC=C[C@@H]3S[C@]45C=CCN(C(C)(C)CC(C)(C)C)C(=O)C4N([C@H](CO)c4ccccc4)C(=O)[C@@H]5[C@@H]3C2=O)cc1. The molecule has 0 saturated carbocycles. The van der Waals surface area contributed by atoms with E-state index >= 15 is 9.59 Å². The minimum absolute atomic E-state index is 0.0419. The minimum Gasteiger partial charge on any atom is -0.494 e. The largest absolute Gasteiger partial charge is 0.494 e. The summed E-state index contributed by atoms with van der Waals surface area (Å²) in [5.41, 5.74) is 0.936. The zero-order valence-electron chi connectivity index (χ0n) is 28.3. The third-order valence-electron chi connectivity index (χ3n) is 9.94. The Morgan fingerprint density at radius 1 is 0.936 bits per heavy atom.